The molecular weight excluding hydrogens is 472 g/mol. The molecule has 6 aliphatic rings. The van der Waals surface area contributed by atoms with Crippen LogP contribution in [0.15, 0.2) is 11.6 Å². The summed E-state index contributed by atoms with van der Waals surface area (Å²) in [6.45, 7) is 1.79. The average molecular weight is 507 g/mol. The van der Waals surface area contributed by atoms with Gasteiger partial charge in [0.15, 0.2) is 5.60 Å². The first-order valence-electron chi connectivity index (χ1n) is 12.8. The van der Waals surface area contributed by atoms with Gasteiger partial charge < -0.3 is 20.7 Å². The fraction of sp³-hybridized carbons (Fsp3) is 0.792. The van der Waals surface area contributed by atoms with Crippen molar-refractivity contribution in [1.82, 2.24) is 20.9 Å². The zero-order valence-electron chi connectivity index (χ0n) is 19.4. The fourth-order valence-corrected chi connectivity index (χ4v) is 10.0. The summed E-state index contributed by atoms with van der Waals surface area (Å²) in [6.07, 6.45) is 9.76. The van der Waals surface area contributed by atoms with Gasteiger partial charge in [-0.15, -0.1) is 0 Å². The van der Waals surface area contributed by atoms with E-state index in [0.717, 1.165) is 50.2 Å². The highest BCUT2D eigenvalue weighted by atomic mass is 32.2. The van der Waals surface area contributed by atoms with E-state index in [-0.39, 0.29) is 35.6 Å². The summed E-state index contributed by atoms with van der Waals surface area (Å²) in [7, 11) is 0. The van der Waals surface area contributed by atoms with Crippen molar-refractivity contribution < 1.29 is 19.1 Å². The molecule has 3 amide bonds. The van der Waals surface area contributed by atoms with Crippen molar-refractivity contribution in [2.75, 3.05) is 24.6 Å². The van der Waals surface area contributed by atoms with Gasteiger partial charge in [-0.3, -0.25) is 9.69 Å². The number of nitrogens with zero attached hydrogens (tertiary/aromatic N) is 1. The van der Waals surface area contributed by atoms with Crippen LogP contribution in [0.25, 0.3) is 0 Å². The molecule has 7 atom stereocenters. The quantitative estimate of drug-likeness (QED) is 0.249. The second kappa shape index (κ2) is 9.24. The zero-order valence-corrected chi connectivity index (χ0v) is 21.1. The molecule has 0 radical (unpaired) electrons. The molecule has 186 valence electrons. The molecular formula is C24H34N4O4S2. The standard InChI is InChI=1S/C24H34N4O4S2/c29-19(7-2-1-5-16-21-15(13-34-16)26-23(31)27-21)25-8-10-33-17-11-14-12-20(30)32-24(14)18-6-3-4-9-28(18)22(17)24/h12,15-18,21-22H,1-11,13H2,(H,25,29)(H2,26,27,31)/t15-,16-,17-,18+,21-,22+,24?/m0/s1. The predicted molar refractivity (Wildman–Crippen MR) is 133 cm³/mol. The maximum Gasteiger partial charge on any atom is 0.331 e. The van der Waals surface area contributed by atoms with Gasteiger partial charge in [-0.05, 0) is 44.2 Å². The molecule has 5 aliphatic heterocycles. The first kappa shape index (κ1) is 23.0. The van der Waals surface area contributed by atoms with Gasteiger partial charge in [0.2, 0.25) is 5.91 Å². The molecule has 1 spiro atoms. The van der Waals surface area contributed by atoms with Crippen LogP contribution in [-0.2, 0) is 14.3 Å². The van der Waals surface area contributed by atoms with Crippen molar-refractivity contribution in [3.05, 3.63) is 11.6 Å². The number of nitrogens with one attached hydrogen (secondary N) is 3. The van der Waals surface area contributed by atoms with Crippen LogP contribution >= 0.6 is 23.5 Å². The van der Waals surface area contributed by atoms with E-state index in [1.54, 1.807) is 6.08 Å². The van der Waals surface area contributed by atoms with Gasteiger partial charge in [0.25, 0.3) is 0 Å². The maximum atomic E-state index is 12.3. The van der Waals surface area contributed by atoms with Crippen LogP contribution in [0.1, 0.15) is 51.4 Å². The molecule has 0 aromatic carbocycles. The van der Waals surface area contributed by atoms with E-state index in [1.807, 2.05) is 23.5 Å². The van der Waals surface area contributed by atoms with E-state index < -0.39 is 0 Å². The number of hydrogen-bond donors (Lipinski definition) is 3. The van der Waals surface area contributed by atoms with Gasteiger partial charge in [0.05, 0.1) is 24.2 Å². The van der Waals surface area contributed by atoms with Crippen molar-refractivity contribution in [3.63, 3.8) is 0 Å². The average Bonchev–Trinajstić information content (AvgIpc) is 3.51. The van der Waals surface area contributed by atoms with Crippen molar-refractivity contribution >= 4 is 41.4 Å². The number of urea groups is 1. The Morgan fingerprint density at radius 1 is 1.29 bits per heavy atom. The third-order valence-electron chi connectivity index (χ3n) is 8.51. The largest absolute Gasteiger partial charge is 0.448 e. The molecule has 5 heterocycles. The van der Waals surface area contributed by atoms with Gasteiger partial charge in [0.1, 0.15) is 0 Å². The third kappa shape index (κ3) is 3.84. The summed E-state index contributed by atoms with van der Waals surface area (Å²) in [4.78, 5) is 38.4. The molecule has 6 rings (SSSR count). The summed E-state index contributed by atoms with van der Waals surface area (Å²) in [6, 6.07) is 1.15. The number of rotatable bonds is 9. The minimum atomic E-state index is -0.340. The summed E-state index contributed by atoms with van der Waals surface area (Å²) < 4.78 is 5.95. The monoisotopic (exact) mass is 506 g/mol. The number of carbonyl (C=O) groups is 3. The number of thioether (sulfide) groups is 2. The molecule has 0 bridgehead atoms. The van der Waals surface area contributed by atoms with E-state index in [1.165, 1.54) is 18.4 Å². The van der Waals surface area contributed by atoms with Gasteiger partial charge in [-0.25, -0.2) is 9.59 Å². The fourth-order valence-electron chi connectivity index (χ4n) is 7.11. The number of hydrogen-bond acceptors (Lipinski definition) is 7. The number of piperidine rings is 1. The minimum Gasteiger partial charge on any atom is -0.448 e. The van der Waals surface area contributed by atoms with Crippen LogP contribution in [-0.4, -0.2) is 87.7 Å². The lowest BCUT2D eigenvalue weighted by molar-refractivity contribution is -0.200. The van der Waals surface area contributed by atoms with Crippen molar-refractivity contribution in [2.24, 2.45) is 0 Å². The summed E-state index contributed by atoms with van der Waals surface area (Å²) in [5, 5.41) is 9.98. The number of carbonyl (C=O) groups excluding carboxylic acids is 3. The second-order valence-corrected chi connectivity index (χ2v) is 13.0. The highest BCUT2D eigenvalue weighted by Gasteiger charge is 2.72. The Labute approximate surface area is 209 Å². The van der Waals surface area contributed by atoms with E-state index >= 15 is 0 Å². The molecule has 0 aromatic rings. The van der Waals surface area contributed by atoms with E-state index in [2.05, 4.69) is 20.9 Å². The normalized spacial score (nSPS) is 39.7. The van der Waals surface area contributed by atoms with E-state index in [9.17, 15) is 14.4 Å². The van der Waals surface area contributed by atoms with E-state index in [4.69, 9.17) is 4.74 Å². The predicted octanol–water partition coefficient (Wildman–Crippen LogP) is 1.79. The topological polar surface area (TPSA) is 99.8 Å². The molecule has 1 saturated carbocycles. The first-order chi connectivity index (χ1) is 16.6. The Morgan fingerprint density at radius 3 is 3.12 bits per heavy atom. The van der Waals surface area contributed by atoms with Crippen LogP contribution in [0.2, 0.25) is 0 Å². The molecule has 3 N–H and O–H groups in total. The third-order valence-corrected chi connectivity index (χ3v) is 11.3. The lowest BCUT2D eigenvalue weighted by Gasteiger charge is -2.61. The molecule has 1 unspecified atom stereocenters. The number of ether oxygens (including phenoxy) is 1. The summed E-state index contributed by atoms with van der Waals surface area (Å²) in [5.74, 6) is 1.84. The number of amides is 3. The Bertz CT molecular complexity index is 900. The molecule has 10 heteroatoms. The van der Waals surface area contributed by atoms with E-state index in [0.29, 0.717) is 35.5 Å². The summed E-state index contributed by atoms with van der Waals surface area (Å²) in [5.41, 5.74) is 0.875. The van der Waals surface area contributed by atoms with Crippen LogP contribution < -0.4 is 16.0 Å². The van der Waals surface area contributed by atoms with Gasteiger partial charge in [-0.1, -0.05) is 12.8 Å². The molecule has 34 heavy (non-hydrogen) atoms. The Kier molecular flexibility index (Phi) is 6.26. The molecule has 4 saturated heterocycles. The van der Waals surface area contributed by atoms with Crippen LogP contribution in [0.4, 0.5) is 4.79 Å². The van der Waals surface area contributed by atoms with Gasteiger partial charge in [-0.2, -0.15) is 23.5 Å². The van der Waals surface area contributed by atoms with Crippen molar-refractivity contribution in [3.8, 4) is 0 Å². The molecule has 1 aliphatic carbocycles. The lowest BCUT2D eigenvalue weighted by Crippen LogP contribution is -2.77. The van der Waals surface area contributed by atoms with Gasteiger partial charge >= 0.3 is 12.0 Å². The van der Waals surface area contributed by atoms with Crippen LogP contribution in [0.5, 0.6) is 0 Å². The first-order valence-corrected chi connectivity index (χ1v) is 14.9. The molecule has 5 fully saturated rings. The number of fused-ring (bicyclic) bond motifs is 3. The van der Waals surface area contributed by atoms with Crippen molar-refractivity contribution in [1.29, 1.82) is 0 Å². The number of unbranched alkanes of at least 4 members (excludes halogenated alkanes) is 1. The summed E-state index contributed by atoms with van der Waals surface area (Å²) >= 11 is 3.85. The van der Waals surface area contributed by atoms with Gasteiger partial charge in [0, 0.05) is 41.0 Å². The molecule has 0 aromatic heterocycles. The zero-order chi connectivity index (χ0) is 23.3. The Morgan fingerprint density at radius 2 is 2.21 bits per heavy atom. The van der Waals surface area contributed by atoms with Crippen LogP contribution in [0.3, 0.4) is 0 Å². The second-order valence-electron chi connectivity index (χ2n) is 10.4. The van der Waals surface area contributed by atoms with Crippen LogP contribution in [0, 0.1) is 0 Å². The van der Waals surface area contributed by atoms with Crippen molar-refractivity contribution in [2.45, 2.75) is 91.6 Å². The maximum absolute atomic E-state index is 12.3. The Hall–Kier alpha value is -1.39. The highest BCUT2D eigenvalue weighted by Crippen LogP contribution is 2.60. The SMILES string of the molecule is O=C(CCCC[C@@H]1SC[C@@H]2NC(=O)N[C@@H]21)NCCS[C@H]1CC2=CC(=O)OC23[C@H]2CCCCN2[C@H]13. The minimum absolute atomic E-state index is 0.0423. The lowest BCUT2D eigenvalue weighted by atomic mass is 9.71. The highest BCUT2D eigenvalue weighted by molar-refractivity contribution is 8.00. The number of esters is 1. The molecule has 8 nitrogen and oxygen atoms in total. The smallest absolute Gasteiger partial charge is 0.331 e. The Balaban J connectivity index is 0.896.